The number of fused-ring (bicyclic) bond motifs is 2. The number of carbonyl (C=O) groups excluding carboxylic acids is 5. The van der Waals surface area contributed by atoms with Gasteiger partial charge in [0.15, 0.2) is 5.78 Å². The van der Waals surface area contributed by atoms with Crippen LogP contribution in [0.2, 0.25) is 0 Å². The smallest absolute Gasteiger partial charge is 0.333 e. The molecule has 0 saturated carbocycles. The monoisotopic (exact) mass is 433 g/mol. The zero-order chi connectivity index (χ0) is 22.4. The molecular formula is C22H27NO8. The number of hydrogen-bond donors (Lipinski definition) is 0. The van der Waals surface area contributed by atoms with Crippen LogP contribution in [0.4, 0.5) is 0 Å². The maximum absolute atomic E-state index is 12.3. The quantitative estimate of drug-likeness (QED) is 0.245. The molecule has 9 heteroatoms. The van der Waals surface area contributed by atoms with Crippen LogP contribution in [0.1, 0.15) is 58.3 Å². The Labute approximate surface area is 180 Å². The minimum atomic E-state index is -0.778. The van der Waals surface area contributed by atoms with Gasteiger partial charge in [-0.3, -0.25) is 19.2 Å². The fraction of sp³-hybridized carbons (Fsp3) is 0.591. The molecule has 0 spiro atoms. The minimum absolute atomic E-state index is 0.0172. The molecule has 168 valence electrons. The first kappa shape index (κ1) is 23.0. The molecule has 1 saturated heterocycles. The van der Waals surface area contributed by atoms with Gasteiger partial charge in [0.25, 0.3) is 11.8 Å². The first-order valence-corrected chi connectivity index (χ1v) is 10.6. The highest BCUT2D eigenvalue weighted by molar-refractivity contribution is 6.01. The van der Waals surface area contributed by atoms with E-state index in [-0.39, 0.29) is 55.9 Å². The van der Waals surface area contributed by atoms with Gasteiger partial charge in [-0.2, -0.15) is 0 Å². The number of Topliss-reactive ketones (excluding diaryl/α,β-unsaturated/α-hetero) is 2. The van der Waals surface area contributed by atoms with Crippen molar-refractivity contribution < 1.29 is 38.3 Å². The molecule has 0 N–H and O–H groups in total. The van der Waals surface area contributed by atoms with Gasteiger partial charge in [0.1, 0.15) is 11.9 Å². The van der Waals surface area contributed by atoms with E-state index in [1.165, 1.54) is 0 Å². The average molecular weight is 433 g/mol. The van der Waals surface area contributed by atoms with Crippen LogP contribution in [-0.2, 0) is 38.3 Å². The van der Waals surface area contributed by atoms with E-state index >= 15 is 0 Å². The summed E-state index contributed by atoms with van der Waals surface area (Å²) in [6, 6.07) is 0. The number of carbonyl (C=O) groups is 5. The summed E-state index contributed by atoms with van der Waals surface area (Å²) in [7, 11) is 0. The molecule has 31 heavy (non-hydrogen) atoms. The van der Waals surface area contributed by atoms with Crippen LogP contribution in [-0.4, -0.2) is 59.8 Å². The third kappa shape index (κ3) is 5.95. The SMILES string of the molecule is CC1=C(C(=O)CCCOCCCC(=O)CCC(=O)ON2C(=O)CCC2=O)C2C=CC1O2. The van der Waals surface area contributed by atoms with E-state index in [1.807, 2.05) is 19.1 Å². The Morgan fingerprint density at radius 2 is 1.61 bits per heavy atom. The molecule has 1 fully saturated rings. The lowest BCUT2D eigenvalue weighted by Gasteiger charge is -2.12. The summed E-state index contributed by atoms with van der Waals surface area (Å²) < 4.78 is 11.1. The van der Waals surface area contributed by atoms with Crippen molar-refractivity contribution in [3.8, 4) is 0 Å². The number of hydroxylamine groups is 2. The van der Waals surface area contributed by atoms with E-state index in [2.05, 4.69) is 0 Å². The summed E-state index contributed by atoms with van der Waals surface area (Å²) in [6.07, 6.45) is 5.27. The minimum Gasteiger partial charge on any atom is -0.381 e. The Morgan fingerprint density at radius 1 is 0.968 bits per heavy atom. The van der Waals surface area contributed by atoms with E-state index in [4.69, 9.17) is 14.3 Å². The third-order valence-corrected chi connectivity index (χ3v) is 5.43. The van der Waals surface area contributed by atoms with Gasteiger partial charge < -0.3 is 14.3 Å². The van der Waals surface area contributed by atoms with Gasteiger partial charge in [-0.25, -0.2) is 4.79 Å². The lowest BCUT2D eigenvalue weighted by Crippen LogP contribution is -2.32. The second-order valence-electron chi connectivity index (χ2n) is 7.79. The zero-order valence-corrected chi connectivity index (χ0v) is 17.6. The highest BCUT2D eigenvalue weighted by Gasteiger charge is 2.36. The summed E-state index contributed by atoms with van der Waals surface area (Å²) in [5, 5.41) is 0.476. The molecule has 3 rings (SSSR count). The van der Waals surface area contributed by atoms with Crippen LogP contribution in [0, 0.1) is 0 Å². The van der Waals surface area contributed by atoms with E-state index < -0.39 is 17.8 Å². The number of amides is 2. The molecule has 0 radical (unpaired) electrons. The van der Waals surface area contributed by atoms with Gasteiger partial charge in [-0.15, -0.1) is 5.06 Å². The Kier molecular flexibility index (Phi) is 7.86. The fourth-order valence-electron chi connectivity index (χ4n) is 3.73. The van der Waals surface area contributed by atoms with Gasteiger partial charge in [-0.1, -0.05) is 12.2 Å². The number of hydrogen-bond acceptors (Lipinski definition) is 8. The molecule has 2 unspecified atom stereocenters. The van der Waals surface area contributed by atoms with Crippen LogP contribution in [0.3, 0.4) is 0 Å². The van der Waals surface area contributed by atoms with Crippen molar-refractivity contribution in [2.45, 2.75) is 70.5 Å². The number of nitrogens with zero attached hydrogens (tertiary/aromatic N) is 1. The average Bonchev–Trinajstić information content (AvgIpc) is 3.42. The van der Waals surface area contributed by atoms with E-state index in [0.29, 0.717) is 37.5 Å². The van der Waals surface area contributed by atoms with Crippen LogP contribution in [0.15, 0.2) is 23.3 Å². The molecule has 0 aromatic heterocycles. The Bertz CT molecular complexity index is 811. The molecule has 9 nitrogen and oxygen atoms in total. The first-order chi connectivity index (χ1) is 14.9. The molecule has 2 bridgehead atoms. The topological polar surface area (TPSA) is 116 Å². The maximum atomic E-state index is 12.3. The third-order valence-electron chi connectivity index (χ3n) is 5.43. The number of imide groups is 1. The Morgan fingerprint density at radius 3 is 2.26 bits per heavy atom. The van der Waals surface area contributed by atoms with Crippen LogP contribution in [0.5, 0.6) is 0 Å². The van der Waals surface area contributed by atoms with Crippen LogP contribution < -0.4 is 0 Å². The van der Waals surface area contributed by atoms with E-state index in [0.717, 1.165) is 11.1 Å². The lowest BCUT2D eigenvalue weighted by atomic mass is 9.93. The predicted molar refractivity (Wildman–Crippen MR) is 106 cm³/mol. The van der Waals surface area contributed by atoms with Gasteiger partial charge in [-0.05, 0) is 25.3 Å². The number of ketones is 2. The summed E-state index contributed by atoms with van der Waals surface area (Å²) in [5.41, 5.74) is 1.77. The fourth-order valence-corrected chi connectivity index (χ4v) is 3.73. The summed E-state index contributed by atoms with van der Waals surface area (Å²) in [4.78, 5) is 63.3. The Balaban J connectivity index is 1.19. The van der Waals surface area contributed by atoms with Gasteiger partial charge >= 0.3 is 5.97 Å². The van der Waals surface area contributed by atoms with Crippen molar-refractivity contribution in [1.29, 1.82) is 0 Å². The molecule has 3 aliphatic rings. The molecule has 0 aromatic carbocycles. The maximum Gasteiger partial charge on any atom is 0.333 e. The van der Waals surface area contributed by atoms with Gasteiger partial charge in [0.2, 0.25) is 0 Å². The highest BCUT2D eigenvalue weighted by atomic mass is 16.7. The van der Waals surface area contributed by atoms with Crippen molar-refractivity contribution in [1.82, 2.24) is 5.06 Å². The molecule has 3 heterocycles. The summed E-state index contributed by atoms with van der Waals surface area (Å²) in [6.45, 7) is 2.75. The highest BCUT2D eigenvalue weighted by Crippen LogP contribution is 2.35. The van der Waals surface area contributed by atoms with Crippen molar-refractivity contribution in [2.24, 2.45) is 0 Å². The second-order valence-corrected chi connectivity index (χ2v) is 7.79. The van der Waals surface area contributed by atoms with E-state index in [9.17, 15) is 24.0 Å². The summed E-state index contributed by atoms with van der Waals surface area (Å²) >= 11 is 0. The van der Waals surface area contributed by atoms with Gasteiger partial charge in [0, 0.05) is 50.9 Å². The number of ether oxygens (including phenoxy) is 2. The summed E-state index contributed by atoms with van der Waals surface area (Å²) in [5.74, 6) is -1.90. The molecule has 0 aromatic rings. The van der Waals surface area contributed by atoms with Gasteiger partial charge in [0.05, 0.1) is 12.5 Å². The molecule has 2 amide bonds. The van der Waals surface area contributed by atoms with E-state index in [1.54, 1.807) is 0 Å². The number of rotatable bonds is 13. The normalized spacial score (nSPS) is 22.0. The van der Waals surface area contributed by atoms with Crippen molar-refractivity contribution in [3.63, 3.8) is 0 Å². The van der Waals surface area contributed by atoms with Crippen LogP contribution >= 0.6 is 0 Å². The predicted octanol–water partition coefficient (Wildman–Crippen LogP) is 1.74. The van der Waals surface area contributed by atoms with Crippen molar-refractivity contribution >= 4 is 29.4 Å². The van der Waals surface area contributed by atoms with Crippen molar-refractivity contribution in [2.75, 3.05) is 13.2 Å². The lowest BCUT2D eigenvalue weighted by molar-refractivity contribution is -0.197. The Hall–Kier alpha value is -2.65. The van der Waals surface area contributed by atoms with Crippen LogP contribution in [0.25, 0.3) is 0 Å². The van der Waals surface area contributed by atoms with Crippen molar-refractivity contribution in [3.05, 3.63) is 23.3 Å². The second kappa shape index (κ2) is 10.6. The molecular weight excluding hydrogens is 406 g/mol. The largest absolute Gasteiger partial charge is 0.381 e. The molecule has 0 aliphatic carbocycles. The standard InChI is InChI=1S/C22H27NO8/c1-14-17-7-8-18(30-17)22(14)16(25)5-3-13-29-12-2-4-15(24)6-11-21(28)31-23-19(26)9-10-20(23)27/h7-8,17-18H,2-6,9-13H2,1H3. The zero-order valence-electron chi connectivity index (χ0n) is 17.6. The molecule has 3 aliphatic heterocycles. The first-order valence-electron chi connectivity index (χ1n) is 10.6. The molecule has 2 atom stereocenters.